The van der Waals surface area contributed by atoms with E-state index < -0.39 is 0 Å². The van der Waals surface area contributed by atoms with E-state index in [0.29, 0.717) is 6.42 Å². The Hall–Kier alpha value is -0.220. The second kappa shape index (κ2) is 14.3. The summed E-state index contributed by atoms with van der Waals surface area (Å²) in [5.74, 6) is 0.139. The highest BCUT2D eigenvalue weighted by Gasteiger charge is 1.93. The molecular formula is C9H20O2S2. The van der Waals surface area contributed by atoms with Crippen molar-refractivity contribution in [3.8, 4) is 0 Å². The topological polar surface area (TPSA) is 40.5 Å². The third-order valence-electron chi connectivity index (χ3n) is 0.796. The zero-order valence-electron chi connectivity index (χ0n) is 9.00. The lowest BCUT2D eigenvalue weighted by Gasteiger charge is -1.93. The quantitative estimate of drug-likeness (QED) is 0.699. The van der Waals surface area contributed by atoms with Crippen LogP contribution in [0.25, 0.3) is 0 Å². The SMILES string of the molecule is CC.CC(C)C(O)=S.CCC(O)=S. The van der Waals surface area contributed by atoms with Gasteiger partial charge in [-0.25, -0.2) is 0 Å². The van der Waals surface area contributed by atoms with Crippen molar-refractivity contribution in [1.29, 1.82) is 0 Å². The van der Waals surface area contributed by atoms with E-state index in [-0.39, 0.29) is 16.0 Å². The van der Waals surface area contributed by atoms with E-state index in [1.807, 2.05) is 34.6 Å². The van der Waals surface area contributed by atoms with Crippen LogP contribution in [0.2, 0.25) is 0 Å². The van der Waals surface area contributed by atoms with Gasteiger partial charge in [0.1, 0.15) is 0 Å². The monoisotopic (exact) mass is 224 g/mol. The Morgan fingerprint density at radius 1 is 1.15 bits per heavy atom. The van der Waals surface area contributed by atoms with E-state index in [9.17, 15) is 0 Å². The fourth-order valence-corrected chi connectivity index (χ4v) is 0. The van der Waals surface area contributed by atoms with Gasteiger partial charge in [0.15, 0.2) is 10.1 Å². The van der Waals surface area contributed by atoms with Crippen LogP contribution >= 0.6 is 24.4 Å². The normalized spacial score (nSPS) is 7.54. The highest BCUT2D eigenvalue weighted by Crippen LogP contribution is 1.90. The van der Waals surface area contributed by atoms with Gasteiger partial charge in [0.25, 0.3) is 0 Å². The summed E-state index contributed by atoms with van der Waals surface area (Å²) in [6.45, 7) is 9.51. The standard InChI is InChI=1S/C4H8OS.C3H6OS.C2H6/c1-3(2)4(5)6;1-2-3(4)5;1-2/h3H,1-2H3,(H,5,6);2H2,1H3,(H,4,5);1-2H3. The Morgan fingerprint density at radius 3 is 1.31 bits per heavy atom. The van der Waals surface area contributed by atoms with Crippen molar-refractivity contribution in [2.24, 2.45) is 5.92 Å². The molecular weight excluding hydrogens is 204 g/mol. The van der Waals surface area contributed by atoms with Gasteiger partial charge in [-0.2, -0.15) is 0 Å². The van der Waals surface area contributed by atoms with E-state index in [1.165, 1.54) is 0 Å². The van der Waals surface area contributed by atoms with E-state index in [4.69, 9.17) is 10.2 Å². The summed E-state index contributed by atoms with van der Waals surface area (Å²) in [5.41, 5.74) is 0. The average Bonchev–Trinajstić information content (AvgIpc) is 2.09. The highest BCUT2D eigenvalue weighted by molar-refractivity contribution is 7.80. The van der Waals surface area contributed by atoms with Crippen LogP contribution in [0.3, 0.4) is 0 Å². The Kier molecular flexibility index (Phi) is 20.4. The lowest BCUT2D eigenvalue weighted by molar-refractivity contribution is 0.522. The maximum Gasteiger partial charge on any atom is 0.159 e. The zero-order valence-corrected chi connectivity index (χ0v) is 10.6. The molecule has 0 aromatic rings. The van der Waals surface area contributed by atoms with Crippen molar-refractivity contribution >= 4 is 34.5 Å². The molecule has 80 valence electrons. The van der Waals surface area contributed by atoms with Gasteiger partial charge in [-0.05, 0) is 24.4 Å². The lowest BCUT2D eigenvalue weighted by Crippen LogP contribution is -1.99. The van der Waals surface area contributed by atoms with Crippen molar-refractivity contribution < 1.29 is 10.2 Å². The van der Waals surface area contributed by atoms with Crippen molar-refractivity contribution in [3.05, 3.63) is 0 Å². The first-order valence-corrected chi connectivity index (χ1v) is 5.18. The van der Waals surface area contributed by atoms with Gasteiger partial charge >= 0.3 is 0 Å². The largest absolute Gasteiger partial charge is 0.502 e. The van der Waals surface area contributed by atoms with Crippen LogP contribution in [0.5, 0.6) is 0 Å². The summed E-state index contributed by atoms with van der Waals surface area (Å²) in [6, 6.07) is 0. The minimum atomic E-state index is 0.0880. The first-order chi connectivity index (χ1) is 5.91. The molecule has 0 aliphatic carbocycles. The minimum absolute atomic E-state index is 0.0880. The van der Waals surface area contributed by atoms with Gasteiger partial charge in [-0.1, -0.05) is 34.6 Å². The van der Waals surface area contributed by atoms with Crippen molar-refractivity contribution in [2.75, 3.05) is 0 Å². The Bertz CT molecular complexity index is 134. The smallest absolute Gasteiger partial charge is 0.159 e. The van der Waals surface area contributed by atoms with Gasteiger partial charge in [0, 0.05) is 12.3 Å². The number of thiocarbonyl (C=S) groups is 2. The molecule has 0 amide bonds. The van der Waals surface area contributed by atoms with E-state index in [2.05, 4.69) is 24.4 Å². The second-order valence-corrected chi connectivity index (χ2v) is 3.13. The van der Waals surface area contributed by atoms with Crippen molar-refractivity contribution in [1.82, 2.24) is 0 Å². The molecule has 0 rings (SSSR count). The average molecular weight is 224 g/mol. The number of rotatable bonds is 2. The first-order valence-electron chi connectivity index (χ1n) is 4.36. The zero-order chi connectivity index (χ0) is 11.4. The lowest BCUT2D eigenvalue weighted by atomic mass is 10.2. The number of aliphatic hydroxyl groups is 2. The van der Waals surface area contributed by atoms with Crippen LogP contribution in [-0.2, 0) is 0 Å². The summed E-state index contributed by atoms with van der Waals surface area (Å²) < 4.78 is 0. The summed E-state index contributed by atoms with van der Waals surface area (Å²) in [5, 5.41) is 16.6. The van der Waals surface area contributed by atoms with Crippen LogP contribution in [0.4, 0.5) is 0 Å². The number of aliphatic hydroxyl groups excluding tert-OH is 2. The van der Waals surface area contributed by atoms with E-state index in [0.717, 1.165) is 0 Å². The maximum absolute atomic E-state index is 8.36. The Labute approximate surface area is 92.0 Å². The molecule has 0 heterocycles. The molecule has 0 bridgehead atoms. The summed E-state index contributed by atoms with van der Waals surface area (Å²) in [7, 11) is 0. The molecule has 0 aromatic heterocycles. The molecule has 0 unspecified atom stereocenters. The first kappa shape index (κ1) is 18.5. The molecule has 0 aliphatic rings. The fraction of sp³-hybridized carbons (Fsp3) is 0.778. The molecule has 4 heteroatoms. The molecule has 2 N–H and O–H groups in total. The van der Waals surface area contributed by atoms with Crippen LogP contribution < -0.4 is 0 Å². The Morgan fingerprint density at radius 2 is 1.31 bits per heavy atom. The van der Waals surface area contributed by atoms with Crippen LogP contribution in [0.15, 0.2) is 0 Å². The van der Waals surface area contributed by atoms with Crippen LogP contribution in [0.1, 0.15) is 41.0 Å². The molecule has 0 fully saturated rings. The van der Waals surface area contributed by atoms with Gasteiger partial charge in [-0.3, -0.25) is 0 Å². The third kappa shape index (κ3) is 33.7. The predicted octanol–water partition coefficient (Wildman–Crippen LogP) is 3.84. The number of hydrogen-bond acceptors (Lipinski definition) is 2. The molecule has 0 radical (unpaired) electrons. The van der Waals surface area contributed by atoms with E-state index >= 15 is 0 Å². The van der Waals surface area contributed by atoms with Gasteiger partial charge in [0.2, 0.25) is 0 Å². The molecule has 0 spiro atoms. The summed E-state index contributed by atoms with van der Waals surface area (Å²) in [6.07, 6.45) is 0.593. The van der Waals surface area contributed by atoms with E-state index in [1.54, 1.807) is 0 Å². The van der Waals surface area contributed by atoms with Crippen LogP contribution in [-0.4, -0.2) is 20.3 Å². The maximum atomic E-state index is 8.36. The van der Waals surface area contributed by atoms with Crippen molar-refractivity contribution in [3.63, 3.8) is 0 Å². The molecule has 0 atom stereocenters. The molecule has 2 nitrogen and oxygen atoms in total. The predicted molar refractivity (Wildman–Crippen MR) is 66.9 cm³/mol. The highest BCUT2D eigenvalue weighted by atomic mass is 32.1. The van der Waals surface area contributed by atoms with Gasteiger partial charge < -0.3 is 10.2 Å². The molecule has 0 aliphatic heterocycles. The van der Waals surface area contributed by atoms with Gasteiger partial charge in [-0.15, -0.1) is 0 Å². The van der Waals surface area contributed by atoms with Crippen molar-refractivity contribution in [2.45, 2.75) is 41.0 Å². The summed E-state index contributed by atoms with van der Waals surface area (Å²) >= 11 is 8.63. The molecule has 0 aromatic carbocycles. The fourth-order valence-electron chi connectivity index (χ4n) is 0. The van der Waals surface area contributed by atoms with Gasteiger partial charge in [0.05, 0.1) is 0 Å². The molecule has 0 saturated heterocycles. The minimum Gasteiger partial charge on any atom is -0.502 e. The second-order valence-electron chi connectivity index (χ2n) is 2.24. The van der Waals surface area contributed by atoms with Crippen LogP contribution in [0, 0.1) is 5.92 Å². The summed E-state index contributed by atoms with van der Waals surface area (Å²) in [4.78, 5) is 0. The number of hydrogen-bond donors (Lipinski definition) is 2. The third-order valence-corrected chi connectivity index (χ3v) is 1.56. The molecule has 0 saturated carbocycles. The Balaban J connectivity index is -0.000000131. The molecule has 13 heavy (non-hydrogen) atoms.